The van der Waals surface area contributed by atoms with Crippen LogP contribution in [0.3, 0.4) is 0 Å². The number of benzene rings is 1. The lowest BCUT2D eigenvalue weighted by Crippen LogP contribution is -2.33. The molecule has 0 saturated heterocycles. The minimum atomic E-state index is 0. The highest BCUT2D eigenvalue weighted by Gasteiger charge is 2.02. The van der Waals surface area contributed by atoms with Crippen LogP contribution < -0.4 is 11.1 Å². The molecule has 1 aromatic carbocycles. The quantitative estimate of drug-likeness (QED) is 0.342. The molecule has 0 amide bonds. The second-order valence-corrected chi connectivity index (χ2v) is 6.62. The zero-order chi connectivity index (χ0) is 16.3. The molecule has 0 aliphatic rings. The molecular weight excluding hydrogens is 433 g/mol. The molecule has 1 unspecified atom stereocenters. The molecule has 0 fully saturated rings. The number of rotatable bonds is 9. The first kappa shape index (κ1) is 20.9. The van der Waals surface area contributed by atoms with E-state index in [1.54, 1.807) is 11.3 Å². The number of nitrogens with one attached hydrogen (secondary N) is 1. The third-order valence-corrected chi connectivity index (χ3v) is 4.28. The number of hydrogen-bond acceptors (Lipinski definition) is 3. The summed E-state index contributed by atoms with van der Waals surface area (Å²) in [5, 5.41) is 5.24. The van der Waals surface area contributed by atoms with Gasteiger partial charge in [-0.05, 0) is 29.3 Å². The summed E-state index contributed by atoms with van der Waals surface area (Å²) in [5.41, 5.74) is 7.08. The predicted molar refractivity (Wildman–Crippen MR) is 113 cm³/mol. The first-order chi connectivity index (χ1) is 11.2. The summed E-state index contributed by atoms with van der Waals surface area (Å²) in [6, 6.07) is 14.4. The van der Waals surface area contributed by atoms with Gasteiger partial charge in [0, 0.05) is 18.0 Å². The van der Waals surface area contributed by atoms with Gasteiger partial charge in [0.25, 0.3) is 0 Å². The van der Waals surface area contributed by atoms with Crippen molar-refractivity contribution >= 4 is 41.3 Å². The lowest BCUT2D eigenvalue weighted by molar-refractivity contribution is 0.0945. The molecule has 1 heterocycles. The minimum Gasteiger partial charge on any atom is -0.376 e. The van der Waals surface area contributed by atoms with Crippen LogP contribution in [0.1, 0.15) is 17.4 Å². The van der Waals surface area contributed by atoms with Crippen LogP contribution in [0.4, 0.5) is 0 Å². The zero-order valence-electron chi connectivity index (χ0n) is 14.0. The van der Waals surface area contributed by atoms with Crippen molar-refractivity contribution in [2.24, 2.45) is 16.6 Å². The fraction of sp³-hybridized carbons (Fsp3) is 0.389. The number of ether oxygens (including phenoxy) is 1. The van der Waals surface area contributed by atoms with Gasteiger partial charge >= 0.3 is 0 Å². The molecule has 0 radical (unpaired) electrons. The molecule has 2 rings (SSSR count). The lowest BCUT2D eigenvalue weighted by atomic mass is 10.2. The Labute approximate surface area is 165 Å². The molecule has 1 aromatic heterocycles. The number of halogens is 1. The summed E-state index contributed by atoms with van der Waals surface area (Å²) in [5.74, 6) is 0.854. The van der Waals surface area contributed by atoms with Gasteiger partial charge in [-0.1, -0.05) is 43.3 Å². The summed E-state index contributed by atoms with van der Waals surface area (Å²) in [7, 11) is 0. The molecule has 3 N–H and O–H groups in total. The van der Waals surface area contributed by atoms with Gasteiger partial charge in [0.1, 0.15) is 0 Å². The monoisotopic (exact) mass is 459 g/mol. The fourth-order valence-corrected chi connectivity index (χ4v) is 2.79. The topological polar surface area (TPSA) is 59.6 Å². The average Bonchev–Trinajstić information content (AvgIpc) is 3.07. The van der Waals surface area contributed by atoms with Crippen molar-refractivity contribution in [3.63, 3.8) is 0 Å². The van der Waals surface area contributed by atoms with E-state index in [1.807, 2.05) is 18.2 Å². The molecule has 0 aliphatic carbocycles. The fourth-order valence-electron chi connectivity index (χ4n) is 2.08. The average molecular weight is 459 g/mol. The molecule has 0 bridgehead atoms. The van der Waals surface area contributed by atoms with Gasteiger partial charge in [-0.15, -0.1) is 35.3 Å². The molecule has 6 heteroatoms. The molecule has 1 atom stereocenters. The number of aliphatic imine (C=N–C) groups is 1. The van der Waals surface area contributed by atoms with Gasteiger partial charge < -0.3 is 15.8 Å². The number of thiophene rings is 1. The molecule has 24 heavy (non-hydrogen) atoms. The molecular formula is C18H26IN3OS. The van der Waals surface area contributed by atoms with Gasteiger partial charge in [-0.25, -0.2) is 0 Å². The third kappa shape index (κ3) is 8.65. The number of nitrogens with two attached hydrogens (primary N) is 1. The van der Waals surface area contributed by atoms with Crippen molar-refractivity contribution in [1.29, 1.82) is 0 Å². The van der Waals surface area contributed by atoms with Crippen molar-refractivity contribution in [1.82, 2.24) is 5.32 Å². The van der Waals surface area contributed by atoms with Gasteiger partial charge in [0.2, 0.25) is 0 Å². The Morgan fingerprint density at radius 2 is 2.04 bits per heavy atom. The van der Waals surface area contributed by atoms with E-state index in [-0.39, 0.29) is 24.0 Å². The van der Waals surface area contributed by atoms with Gasteiger partial charge in [-0.2, -0.15) is 0 Å². The maximum Gasteiger partial charge on any atom is 0.188 e. The van der Waals surface area contributed by atoms with Crippen LogP contribution in [0.5, 0.6) is 0 Å². The number of guanidine groups is 1. The Morgan fingerprint density at radius 1 is 1.25 bits per heavy atom. The van der Waals surface area contributed by atoms with E-state index in [4.69, 9.17) is 10.5 Å². The Hall–Kier alpha value is -1.12. The van der Waals surface area contributed by atoms with E-state index in [9.17, 15) is 0 Å². The van der Waals surface area contributed by atoms with E-state index in [0.717, 1.165) is 13.0 Å². The van der Waals surface area contributed by atoms with E-state index >= 15 is 0 Å². The summed E-state index contributed by atoms with van der Waals surface area (Å²) in [6.45, 7) is 4.93. The largest absolute Gasteiger partial charge is 0.376 e. The molecule has 0 spiro atoms. The summed E-state index contributed by atoms with van der Waals surface area (Å²) < 4.78 is 5.71. The summed E-state index contributed by atoms with van der Waals surface area (Å²) in [6.07, 6.45) is 0.976. The zero-order valence-corrected chi connectivity index (χ0v) is 17.1. The van der Waals surface area contributed by atoms with E-state index in [1.165, 1.54) is 10.4 Å². The van der Waals surface area contributed by atoms with E-state index < -0.39 is 0 Å². The predicted octanol–water partition coefficient (Wildman–Crippen LogP) is 3.67. The lowest BCUT2D eigenvalue weighted by Gasteiger charge is -2.11. The van der Waals surface area contributed by atoms with Gasteiger partial charge in [-0.3, -0.25) is 4.99 Å². The van der Waals surface area contributed by atoms with Crippen LogP contribution in [0.25, 0.3) is 0 Å². The highest BCUT2D eigenvalue weighted by Crippen LogP contribution is 2.08. The number of nitrogens with zero attached hydrogens (tertiary/aromatic N) is 1. The number of hydrogen-bond donors (Lipinski definition) is 2. The Morgan fingerprint density at radius 3 is 2.75 bits per heavy atom. The van der Waals surface area contributed by atoms with Crippen LogP contribution in [-0.2, 0) is 17.8 Å². The second kappa shape index (κ2) is 12.3. The smallest absolute Gasteiger partial charge is 0.188 e. The standard InChI is InChI=1S/C18H25N3OS.HI/c1-15(13-22-14-16-6-3-2-4-7-16)12-21-18(19)20-10-9-17-8-5-11-23-17;/h2-8,11,15H,9-10,12-14H2,1H3,(H3,19,20,21);1H. The van der Waals surface area contributed by atoms with Gasteiger partial charge in [0.15, 0.2) is 5.96 Å². The maximum absolute atomic E-state index is 5.88. The van der Waals surface area contributed by atoms with Crippen molar-refractivity contribution in [3.05, 3.63) is 58.3 Å². The van der Waals surface area contributed by atoms with Gasteiger partial charge in [0.05, 0.1) is 13.2 Å². The third-order valence-electron chi connectivity index (χ3n) is 3.34. The SMILES string of the molecule is CC(CN=C(N)NCCc1cccs1)COCc1ccccc1.I. The Kier molecular flexibility index (Phi) is 10.7. The van der Waals surface area contributed by atoms with Crippen LogP contribution in [-0.4, -0.2) is 25.7 Å². The summed E-state index contributed by atoms with van der Waals surface area (Å²) >= 11 is 1.76. The van der Waals surface area contributed by atoms with Crippen molar-refractivity contribution in [2.45, 2.75) is 20.0 Å². The highest BCUT2D eigenvalue weighted by molar-refractivity contribution is 14.0. The molecule has 4 nitrogen and oxygen atoms in total. The van der Waals surface area contributed by atoms with Crippen LogP contribution in [0, 0.1) is 5.92 Å². The first-order valence-corrected chi connectivity index (χ1v) is 8.80. The van der Waals surface area contributed by atoms with E-state index in [0.29, 0.717) is 31.6 Å². The molecule has 0 saturated carbocycles. The van der Waals surface area contributed by atoms with Crippen LogP contribution >= 0.6 is 35.3 Å². The first-order valence-electron chi connectivity index (χ1n) is 7.92. The van der Waals surface area contributed by atoms with E-state index in [2.05, 4.69) is 46.9 Å². The highest BCUT2D eigenvalue weighted by atomic mass is 127. The minimum absolute atomic E-state index is 0. The van der Waals surface area contributed by atoms with Crippen molar-refractivity contribution < 1.29 is 4.74 Å². The molecule has 132 valence electrons. The maximum atomic E-state index is 5.88. The molecule has 2 aromatic rings. The summed E-state index contributed by atoms with van der Waals surface area (Å²) in [4.78, 5) is 5.73. The second-order valence-electron chi connectivity index (χ2n) is 5.59. The van der Waals surface area contributed by atoms with Crippen LogP contribution in [0.2, 0.25) is 0 Å². The van der Waals surface area contributed by atoms with Crippen molar-refractivity contribution in [2.75, 3.05) is 19.7 Å². The van der Waals surface area contributed by atoms with Crippen molar-refractivity contribution in [3.8, 4) is 0 Å². The normalized spacial score (nSPS) is 12.5. The van der Waals surface area contributed by atoms with Crippen LogP contribution in [0.15, 0.2) is 52.8 Å². The molecule has 0 aliphatic heterocycles. The Balaban J connectivity index is 0.00000288. The Bertz CT molecular complexity index is 575.